The molecule has 2 heterocycles. The molecule has 0 aliphatic heterocycles. The first-order valence-electron chi connectivity index (χ1n) is 4.64. The van der Waals surface area contributed by atoms with Gasteiger partial charge in [-0.3, -0.25) is 9.36 Å². The minimum Gasteiger partial charge on any atom is -0.371 e. The minimum atomic E-state index is -0.0676. The van der Waals surface area contributed by atoms with Crippen molar-refractivity contribution >= 4 is 5.82 Å². The molecule has 0 aromatic carbocycles. The molecule has 76 valence electrons. The SMILES string of the molecule is CNc1ncccc1-n1ccccc1=O. The van der Waals surface area contributed by atoms with Crippen LogP contribution in [-0.4, -0.2) is 16.6 Å². The van der Waals surface area contributed by atoms with Crippen LogP contribution in [0, 0.1) is 0 Å². The van der Waals surface area contributed by atoms with Crippen molar-refractivity contribution in [2.24, 2.45) is 0 Å². The predicted octanol–water partition coefficient (Wildman–Crippen LogP) is 1.27. The first-order chi connectivity index (χ1) is 7.33. The van der Waals surface area contributed by atoms with Gasteiger partial charge in [-0.2, -0.15) is 0 Å². The van der Waals surface area contributed by atoms with Gasteiger partial charge in [0, 0.05) is 25.5 Å². The molecule has 2 rings (SSSR count). The number of pyridine rings is 2. The molecule has 2 aromatic heterocycles. The Balaban J connectivity index is 2.64. The van der Waals surface area contributed by atoms with E-state index in [1.807, 2.05) is 12.1 Å². The van der Waals surface area contributed by atoms with Crippen molar-refractivity contribution in [3.8, 4) is 5.69 Å². The van der Waals surface area contributed by atoms with Gasteiger partial charge in [0.2, 0.25) is 0 Å². The number of nitrogens with one attached hydrogen (secondary N) is 1. The summed E-state index contributed by atoms with van der Waals surface area (Å²) in [5, 5.41) is 2.95. The lowest BCUT2D eigenvalue weighted by Crippen LogP contribution is -2.17. The Kier molecular flexibility index (Phi) is 2.49. The van der Waals surface area contributed by atoms with Crippen LogP contribution >= 0.6 is 0 Å². The molecule has 0 saturated carbocycles. The van der Waals surface area contributed by atoms with E-state index in [0.29, 0.717) is 5.82 Å². The van der Waals surface area contributed by atoms with Crippen LogP contribution in [0.1, 0.15) is 0 Å². The van der Waals surface area contributed by atoms with Gasteiger partial charge < -0.3 is 5.32 Å². The van der Waals surface area contributed by atoms with Gasteiger partial charge in [0.25, 0.3) is 5.56 Å². The van der Waals surface area contributed by atoms with Crippen LogP contribution in [0.3, 0.4) is 0 Å². The standard InChI is InChI=1S/C11H11N3O/c1-12-11-9(5-4-7-13-11)14-8-3-2-6-10(14)15/h2-8H,1H3,(H,12,13). The lowest BCUT2D eigenvalue weighted by Gasteiger charge is -2.09. The largest absolute Gasteiger partial charge is 0.371 e. The molecule has 0 unspecified atom stereocenters. The summed E-state index contributed by atoms with van der Waals surface area (Å²) in [6.07, 6.45) is 3.41. The molecule has 4 heteroatoms. The van der Waals surface area contributed by atoms with Gasteiger partial charge in [0.1, 0.15) is 5.82 Å². The molecular weight excluding hydrogens is 190 g/mol. The van der Waals surface area contributed by atoms with E-state index >= 15 is 0 Å². The van der Waals surface area contributed by atoms with Gasteiger partial charge >= 0.3 is 0 Å². The second-order valence-electron chi connectivity index (χ2n) is 3.03. The summed E-state index contributed by atoms with van der Waals surface area (Å²) in [5.41, 5.74) is 0.688. The Labute approximate surface area is 87.2 Å². The maximum Gasteiger partial charge on any atom is 0.255 e. The van der Waals surface area contributed by atoms with Gasteiger partial charge in [-0.1, -0.05) is 6.07 Å². The molecule has 1 N–H and O–H groups in total. The zero-order valence-corrected chi connectivity index (χ0v) is 8.34. The summed E-state index contributed by atoms with van der Waals surface area (Å²) in [6.45, 7) is 0. The highest BCUT2D eigenvalue weighted by atomic mass is 16.1. The summed E-state index contributed by atoms with van der Waals surface area (Å²) >= 11 is 0. The average molecular weight is 201 g/mol. The Bertz CT molecular complexity index is 519. The van der Waals surface area contributed by atoms with Crippen molar-refractivity contribution in [1.82, 2.24) is 9.55 Å². The Morgan fingerprint density at radius 3 is 2.87 bits per heavy atom. The number of hydrogen-bond donors (Lipinski definition) is 1. The average Bonchev–Trinajstić information content (AvgIpc) is 2.30. The topological polar surface area (TPSA) is 46.9 Å². The van der Waals surface area contributed by atoms with E-state index in [-0.39, 0.29) is 5.56 Å². The van der Waals surface area contributed by atoms with Crippen molar-refractivity contribution in [2.75, 3.05) is 12.4 Å². The lowest BCUT2D eigenvalue weighted by atomic mass is 10.3. The zero-order valence-electron chi connectivity index (χ0n) is 8.34. The predicted molar refractivity (Wildman–Crippen MR) is 59.4 cm³/mol. The van der Waals surface area contributed by atoms with E-state index in [9.17, 15) is 4.79 Å². The van der Waals surface area contributed by atoms with Crippen LogP contribution < -0.4 is 10.9 Å². The Hall–Kier alpha value is -2.10. The van der Waals surface area contributed by atoms with E-state index in [1.54, 1.807) is 36.1 Å². The van der Waals surface area contributed by atoms with Crippen LogP contribution in [0.15, 0.2) is 47.5 Å². The summed E-state index contributed by atoms with van der Waals surface area (Å²) in [5.74, 6) is 0.686. The van der Waals surface area contributed by atoms with Crippen LogP contribution in [0.25, 0.3) is 5.69 Å². The number of aromatic nitrogens is 2. The second-order valence-corrected chi connectivity index (χ2v) is 3.03. The van der Waals surface area contributed by atoms with E-state index in [0.717, 1.165) is 5.69 Å². The Morgan fingerprint density at radius 2 is 2.13 bits per heavy atom. The van der Waals surface area contributed by atoms with Crippen LogP contribution in [0.2, 0.25) is 0 Å². The fraction of sp³-hybridized carbons (Fsp3) is 0.0909. The van der Waals surface area contributed by atoms with Gasteiger partial charge in [0.15, 0.2) is 0 Å². The normalized spacial score (nSPS) is 9.93. The molecule has 0 fully saturated rings. The van der Waals surface area contributed by atoms with Gasteiger partial charge in [-0.25, -0.2) is 4.98 Å². The molecule has 0 amide bonds. The molecule has 2 aromatic rings. The third-order valence-electron chi connectivity index (χ3n) is 2.11. The molecule has 0 atom stereocenters. The number of anilines is 1. The van der Waals surface area contributed by atoms with E-state index in [1.165, 1.54) is 6.07 Å². The molecular formula is C11H11N3O. The highest BCUT2D eigenvalue weighted by Gasteiger charge is 2.03. The maximum atomic E-state index is 11.6. The Morgan fingerprint density at radius 1 is 1.27 bits per heavy atom. The number of rotatable bonds is 2. The first kappa shape index (κ1) is 9.45. The minimum absolute atomic E-state index is 0.0676. The van der Waals surface area contributed by atoms with Crippen LogP contribution in [0.4, 0.5) is 5.82 Å². The molecule has 4 nitrogen and oxygen atoms in total. The highest BCUT2D eigenvalue weighted by molar-refractivity contribution is 5.54. The van der Waals surface area contributed by atoms with Gasteiger partial charge in [-0.15, -0.1) is 0 Å². The first-order valence-corrected chi connectivity index (χ1v) is 4.64. The maximum absolute atomic E-state index is 11.6. The van der Waals surface area contributed by atoms with Crippen molar-refractivity contribution in [1.29, 1.82) is 0 Å². The molecule has 15 heavy (non-hydrogen) atoms. The van der Waals surface area contributed by atoms with Gasteiger partial charge in [-0.05, 0) is 18.2 Å². The van der Waals surface area contributed by atoms with Crippen molar-refractivity contribution in [3.63, 3.8) is 0 Å². The molecule has 0 spiro atoms. The van der Waals surface area contributed by atoms with E-state index in [2.05, 4.69) is 10.3 Å². The highest BCUT2D eigenvalue weighted by Crippen LogP contribution is 2.13. The smallest absolute Gasteiger partial charge is 0.255 e. The van der Waals surface area contributed by atoms with Crippen molar-refractivity contribution in [2.45, 2.75) is 0 Å². The third kappa shape index (κ3) is 1.74. The van der Waals surface area contributed by atoms with E-state index < -0.39 is 0 Å². The zero-order chi connectivity index (χ0) is 10.7. The molecule has 0 bridgehead atoms. The number of hydrogen-bond acceptors (Lipinski definition) is 3. The second kappa shape index (κ2) is 3.96. The number of nitrogens with zero attached hydrogens (tertiary/aromatic N) is 2. The summed E-state index contributed by atoms with van der Waals surface area (Å²) < 4.78 is 1.55. The molecule has 0 aliphatic rings. The summed E-state index contributed by atoms with van der Waals surface area (Å²) in [6, 6.07) is 8.70. The molecule has 0 saturated heterocycles. The van der Waals surface area contributed by atoms with E-state index in [4.69, 9.17) is 0 Å². The van der Waals surface area contributed by atoms with Crippen molar-refractivity contribution < 1.29 is 0 Å². The monoisotopic (exact) mass is 201 g/mol. The van der Waals surface area contributed by atoms with Gasteiger partial charge in [0.05, 0.1) is 5.69 Å². The fourth-order valence-corrected chi connectivity index (χ4v) is 1.41. The summed E-state index contributed by atoms with van der Waals surface area (Å²) in [7, 11) is 1.78. The lowest BCUT2D eigenvalue weighted by molar-refractivity contribution is 0.979. The van der Waals surface area contributed by atoms with Crippen LogP contribution in [-0.2, 0) is 0 Å². The quantitative estimate of drug-likeness (QED) is 0.796. The third-order valence-corrected chi connectivity index (χ3v) is 2.11. The fourth-order valence-electron chi connectivity index (χ4n) is 1.41. The molecule has 0 radical (unpaired) electrons. The molecule has 0 aliphatic carbocycles. The van der Waals surface area contributed by atoms with Crippen LogP contribution in [0.5, 0.6) is 0 Å². The summed E-state index contributed by atoms with van der Waals surface area (Å²) in [4.78, 5) is 15.7. The van der Waals surface area contributed by atoms with Crippen molar-refractivity contribution in [3.05, 3.63) is 53.1 Å².